The Labute approximate surface area is 96.8 Å². The number of pyridine rings is 1. The van der Waals surface area contributed by atoms with Crippen LogP contribution in [0, 0.1) is 0 Å². The molecule has 0 radical (unpaired) electrons. The molecule has 3 heteroatoms. The monoisotopic (exact) mass is 216 g/mol. The van der Waals surface area contributed by atoms with Crippen molar-refractivity contribution in [1.29, 1.82) is 0 Å². The fraction of sp³-hybridized carbons (Fsp3) is 0.308. The van der Waals surface area contributed by atoms with Gasteiger partial charge in [-0.05, 0) is 6.07 Å². The first-order chi connectivity index (χ1) is 7.93. The molecule has 2 rings (SSSR count). The molecule has 0 aliphatic rings. The highest BCUT2D eigenvalue weighted by molar-refractivity contribution is 4.83. The zero-order chi connectivity index (χ0) is 11.5. The molecule has 0 atom stereocenters. The minimum Gasteiger partial charge on any atom is -0.245 e. The van der Waals surface area contributed by atoms with E-state index >= 15 is 0 Å². The summed E-state index contributed by atoms with van der Waals surface area (Å²) >= 11 is 0. The lowest BCUT2D eigenvalue weighted by Gasteiger charge is -1.91. The van der Waals surface area contributed by atoms with Crippen LogP contribution in [0.2, 0.25) is 0 Å². The van der Waals surface area contributed by atoms with Crippen molar-refractivity contribution in [2.45, 2.75) is 26.3 Å². The van der Waals surface area contributed by atoms with E-state index in [1.54, 1.807) is 18.5 Å². The predicted molar refractivity (Wildman–Crippen MR) is 63.6 cm³/mol. The Hall–Kier alpha value is -1.77. The predicted octanol–water partition coefficient (Wildman–Crippen LogP) is 2.25. The van der Waals surface area contributed by atoms with Gasteiger partial charge in [0.2, 0.25) is 0 Å². The highest BCUT2D eigenvalue weighted by atomic mass is 14.9. The Balaban J connectivity index is 0.000000181. The third-order valence-electron chi connectivity index (χ3n) is 2.02. The number of unbranched alkanes of at least 4 members (excludes halogenated alkanes) is 1. The Morgan fingerprint density at radius 3 is 2.06 bits per heavy atom. The number of hydrogen-bond donors (Lipinski definition) is 0. The molecule has 0 fully saturated rings. The molecular formula is C13H18N3+. The molecule has 0 amide bonds. The summed E-state index contributed by atoms with van der Waals surface area (Å²) in [6, 6.07) is 7.95. The summed E-state index contributed by atoms with van der Waals surface area (Å²) in [5.41, 5.74) is 0. The molecule has 16 heavy (non-hydrogen) atoms. The number of rotatable bonds is 3. The van der Waals surface area contributed by atoms with Gasteiger partial charge in [-0.15, -0.1) is 0 Å². The summed E-state index contributed by atoms with van der Waals surface area (Å²) in [4.78, 5) is 7.35. The molecule has 3 nitrogen and oxygen atoms in total. The van der Waals surface area contributed by atoms with Gasteiger partial charge in [0.05, 0.1) is 0 Å². The highest BCUT2D eigenvalue weighted by Crippen LogP contribution is 1.85. The fourth-order valence-electron chi connectivity index (χ4n) is 1.18. The van der Waals surface area contributed by atoms with Crippen LogP contribution in [0.15, 0.2) is 55.4 Å². The zero-order valence-corrected chi connectivity index (χ0v) is 9.66. The maximum Gasteiger partial charge on any atom is 0.168 e. The van der Waals surface area contributed by atoms with Gasteiger partial charge in [-0.2, -0.15) is 0 Å². The van der Waals surface area contributed by atoms with E-state index in [1.165, 1.54) is 19.2 Å². The van der Waals surface area contributed by atoms with Gasteiger partial charge < -0.3 is 0 Å². The van der Waals surface area contributed by atoms with Crippen molar-refractivity contribution < 1.29 is 4.57 Å². The molecule has 0 aromatic carbocycles. The van der Waals surface area contributed by atoms with Crippen molar-refractivity contribution >= 4 is 0 Å². The summed E-state index contributed by atoms with van der Waals surface area (Å²) in [5.74, 6) is 0. The molecule has 0 saturated heterocycles. The van der Waals surface area contributed by atoms with Gasteiger partial charge in [0, 0.05) is 30.9 Å². The first-order valence-electron chi connectivity index (χ1n) is 5.57. The molecule has 0 unspecified atom stereocenters. The quantitative estimate of drug-likeness (QED) is 0.736. The molecule has 0 aliphatic carbocycles. The summed E-state index contributed by atoms with van der Waals surface area (Å²) < 4.78 is 2.21. The Kier molecular flexibility index (Phi) is 6.56. The van der Waals surface area contributed by atoms with Crippen LogP contribution >= 0.6 is 0 Å². The SMILES string of the molecule is CCCC[n+]1ccccc1.c1cncnc1. The van der Waals surface area contributed by atoms with Crippen molar-refractivity contribution in [3.63, 3.8) is 0 Å². The zero-order valence-electron chi connectivity index (χ0n) is 9.66. The topological polar surface area (TPSA) is 29.7 Å². The molecule has 84 valence electrons. The van der Waals surface area contributed by atoms with Crippen LogP contribution in [0.4, 0.5) is 0 Å². The molecule has 2 heterocycles. The van der Waals surface area contributed by atoms with E-state index in [0.717, 1.165) is 6.54 Å². The van der Waals surface area contributed by atoms with Crippen LogP contribution in [-0.4, -0.2) is 9.97 Å². The average Bonchev–Trinajstić information content (AvgIpc) is 2.40. The summed E-state index contributed by atoms with van der Waals surface area (Å²) in [6.07, 6.45) is 11.6. The number of nitrogens with zero attached hydrogens (tertiary/aromatic N) is 3. The lowest BCUT2D eigenvalue weighted by Crippen LogP contribution is -2.31. The number of aromatic nitrogens is 3. The third-order valence-corrected chi connectivity index (χ3v) is 2.02. The van der Waals surface area contributed by atoms with E-state index in [-0.39, 0.29) is 0 Å². The van der Waals surface area contributed by atoms with Crippen LogP contribution in [0.1, 0.15) is 19.8 Å². The molecule has 0 bridgehead atoms. The van der Waals surface area contributed by atoms with E-state index < -0.39 is 0 Å². The van der Waals surface area contributed by atoms with Gasteiger partial charge >= 0.3 is 0 Å². The average molecular weight is 216 g/mol. The highest BCUT2D eigenvalue weighted by Gasteiger charge is 1.93. The molecular weight excluding hydrogens is 198 g/mol. The lowest BCUT2D eigenvalue weighted by atomic mass is 10.3. The van der Waals surface area contributed by atoms with Gasteiger partial charge in [0.25, 0.3) is 0 Å². The molecule has 2 aromatic heterocycles. The number of aryl methyl sites for hydroxylation is 1. The van der Waals surface area contributed by atoms with E-state index in [0.29, 0.717) is 0 Å². The second kappa shape index (κ2) is 8.53. The van der Waals surface area contributed by atoms with Gasteiger partial charge in [-0.25, -0.2) is 14.5 Å². The van der Waals surface area contributed by atoms with Crippen molar-refractivity contribution in [1.82, 2.24) is 9.97 Å². The van der Waals surface area contributed by atoms with Crippen LogP contribution in [-0.2, 0) is 6.54 Å². The Morgan fingerprint density at radius 2 is 1.62 bits per heavy atom. The van der Waals surface area contributed by atoms with Crippen LogP contribution in [0.3, 0.4) is 0 Å². The largest absolute Gasteiger partial charge is 0.245 e. The van der Waals surface area contributed by atoms with Crippen molar-refractivity contribution in [2.75, 3.05) is 0 Å². The van der Waals surface area contributed by atoms with Crippen LogP contribution < -0.4 is 4.57 Å². The molecule has 0 spiro atoms. The molecule has 0 N–H and O–H groups in total. The maximum absolute atomic E-state index is 3.67. The van der Waals surface area contributed by atoms with Crippen LogP contribution in [0.5, 0.6) is 0 Å². The molecule has 0 aliphatic heterocycles. The van der Waals surface area contributed by atoms with E-state index in [9.17, 15) is 0 Å². The Bertz CT molecular complexity index is 321. The van der Waals surface area contributed by atoms with E-state index in [1.807, 2.05) is 6.07 Å². The van der Waals surface area contributed by atoms with Crippen molar-refractivity contribution in [2.24, 2.45) is 0 Å². The second-order valence-corrected chi connectivity index (χ2v) is 3.37. The summed E-state index contributed by atoms with van der Waals surface area (Å²) in [7, 11) is 0. The molecule has 0 saturated carbocycles. The first-order valence-corrected chi connectivity index (χ1v) is 5.57. The third kappa shape index (κ3) is 5.86. The van der Waals surface area contributed by atoms with Crippen LogP contribution in [0.25, 0.3) is 0 Å². The standard InChI is InChI=1S/C9H14N.C4H4N2/c1-2-3-7-10-8-5-4-6-9-10;1-2-5-4-6-3-1/h4-6,8-9H,2-3,7H2,1H3;1-4H/q+1;. The first kappa shape index (κ1) is 12.3. The fourth-order valence-corrected chi connectivity index (χ4v) is 1.18. The smallest absolute Gasteiger partial charge is 0.168 e. The maximum atomic E-state index is 3.67. The summed E-state index contributed by atoms with van der Waals surface area (Å²) in [5, 5.41) is 0. The van der Waals surface area contributed by atoms with Gasteiger partial charge in [0.15, 0.2) is 12.4 Å². The number of hydrogen-bond acceptors (Lipinski definition) is 2. The van der Waals surface area contributed by atoms with Gasteiger partial charge in [0.1, 0.15) is 12.9 Å². The van der Waals surface area contributed by atoms with Crippen molar-refractivity contribution in [3.05, 3.63) is 55.4 Å². The Morgan fingerprint density at radius 1 is 0.938 bits per heavy atom. The summed E-state index contributed by atoms with van der Waals surface area (Å²) in [6.45, 7) is 3.36. The van der Waals surface area contributed by atoms with Crippen molar-refractivity contribution in [3.8, 4) is 0 Å². The van der Waals surface area contributed by atoms with Gasteiger partial charge in [-0.3, -0.25) is 0 Å². The normalized spacial score (nSPS) is 9.06. The van der Waals surface area contributed by atoms with E-state index in [4.69, 9.17) is 0 Å². The minimum atomic E-state index is 1.15. The van der Waals surface area contributed by atoms with Gasteiger partial charge in [-0.1, -0.05) is 19.4 Å². The minimum absolute atomic E-state index is 1.15. The molecule has 2 aromatic rings. The lowest BCUT2D eigenvalue weighted by molar-refractivity contribution is -0.697. The van der Waals surface area contributed by atoms with E-state index in [2.05, 4.69) is 46.0 Å². The second-order valence-electron chi connectivity index (χ2n) is 3.37.